The lowest BCUT2D eigenvalue weighted by molar-refractivity contribution is -0.139. The Kier molecular flexibility index (Phi) is 4.52. The Hall–Kier alpha value is -1.43. The van der Waals surface area contributed by atoms with Crippen LogP contribution in [0.15, 0.2) is 0 Å². The van der Waals surface area contributed by atoms with Crippen molar-refractivity contribution in [2.45, 2.75) is 32.1 Å². The Morgan fingerprint density at radius 2 is 1.95 bits per heavy atom. The van der Waals surface area contributed by atoms with Crippen molar-refractivity contribution < 1.29 is 19.5 Å². The van der Waals surface area contributed by atoms with E-state index in [1.807, 2.05) is 0 Å². The first kappa shape index (κ1) is 14.0. The highest BCUT2D eigenvalue weighted by molar-refractivity contribution is 6.02. The number of rotatable bonds is 4. The molecular formula is C13H20N2O4. The Morgan fingerprint density at radius 1 is 1.26 bits per heavy atom. The van der Waals surface area contributed by atoms with Crippen LogP contribution in [0.5, 0.6) is 0 Å². The van der Waals surface area contributed by atoms with Crippen molar-refractivity contribution in [1.82, 2.24) is 9.80 Å². The predicted octanol–water partition coefficient (Wildman–Crippen LogP) is -0.244. The summed E-state index contributed by atoms with van der Waals surface area (Å²) in [5.74, 6) is -0.229. The van der Waals surface area contributed by atoms with Gasteiger partial charge in [0.25, 0.3) is 0 Å². The SMILES string of the molecule is O=C(CCN1C(=O)CCC1=O)N1CCCC(CO)C1. The highest BCUT2D eigenvalue weighted by Crippen LogP contribution is 2.17. The number of likely N-dealkylation sites (tertiary alicyclic amines) is 2. The second-order valence-electron chi connectivity index (χ2n) is 5.22. The smallest absolute Gasteiger partial charge is 0.229 e. The number of nitrogens with zero attached hydrogens (tertiary/aromatic N) is 2. The molecule has 1 N–H and O–H groups in total. The molecule has 2 fully saturated rings. The lowest BCUT2D eigenvalue weighted by Crippen LogP contribution is -2.42. The standard InChI is InChI=1S/C13H20N2O4/c16-9-10-2-1-6-14(8-10)11(17)5-7-15-12(18)3-4-13(15)19/h10,16H,1-9H2. The topological polar surface area (TPSA) is 77.9 Å². The third kappa shape index (κ3) is 3.32. The molecule has 0 aliphatic carbocycles. The van der Waals surface area contributed by atoms with Gasteiger partial charge in [-0.25, -0.2) is 0 Å². The second kappa shape index (κ2) is 6.14. The van der Waals surface area contributed by atoms with Crippen molar-refractivity contribution in [3.05, 3.63) is 0 Å². The van der Waals surface area contributed by atoms with Gasteiger partial charge >= 0.3 is 0 Å². The Bertz CT molecular complexity index is 367. The average Bonchev–Trinajstić information content (AvgIpc) is 2.75. The summed E-state index contributed by atoms with van der Waals surface area (Å²) in [6, 6.07) is 0. The molecule has 2 saturated heterocycles. The number of hydrogen-bond donors (Lipinski definition) is 1. The average molecular weight is 268 g/mol. The van der Waals surface area contributed by atoms with Gasteiger partial charge in [0.05, 0.1) is 0 Å². The fourth-order valence-electron chi connectivity index (χ4n) is 2.68. The van der Waals surface area contributed by atoms with Gasteiger partial charge in [0.15, 0.2) is 0 Å². The summed E-state index contributed by atoms with van der Waals surface area (Å²) in [6.07, 6.45) is 2.57. The number of aliphatic hydroxyl groups excluding tert-OH is 1. The van der Waals surface area contributed by atoms with E-state index in [0.717, 1.165) is 12.8 Å². The Balaban J connectivity index is 1.81. The van der Waals surface area contributed by atoms with Gasteiger partial charge in [-0.1, -0.05) is 0 Å². The number of hydrogen-bond acceptors (Lipinski definition) is 4. The maximum absolute atomic E-state index is 12.0. The van der Waals surface area contributed by atoms with Crippen LogP contribution in [0.3, 0.4) is 0 Å². The van der Waals surface area contributed by atoms with E-state index in [-0.39, 0.29) is 56.1 Å². The van der Waals surface area contributed by atoms with Crippen molar-refractivity contribution in [2.75, 3.05) is 26.2 Å². The van der Waals surface area contributed by atoms with Crippen LogP contribution < -0.4 is 0 Å². The molecule has 1 unspecified atom stereocenters. The maximum atomic E-state index is 12.0. The van der Waals surface area contributed by atoms with E-state index in [4.69, 9.17) is 5.11 Å². The molecule has 2 heterocycles. The summed E-state index contributed by atoms with van der Waals surface area (Å²) in [6.45, 7) is 1.58. The zero-order valence-electron chi connectivity index (χ0n) is 11.0. The minimum Gasteiger partial charge on any atom is -0.396 e. The quantitative estimate of drug-likeness (QED) is 0.714. The normalized spacial score (nSPS) is 24.2. The van der Waals surface area contributed by atoms with Gasteiger partial charge in [-0.15, -0.1) is 0 Å². The lowest BCUT2D eigenvalue weighted by atomic mass is 9.99. The molecule has 2 aliphatic rings. The molecule has 6 nitrogen and oxygen atoms in total. The molecule has 3 amide bonds. The number of carbonyl (C=O) groups excluding carboxylic acids is 3. The summed E-state index contributed by atoms with van der Waals surface area (Å²) in [5.41, 5.74) is 0. The number of carbonyl (C=O) groups is 3. The van der Waals surface area contributed by atoms with Crippen molar-refractivity contribution in [3.63, 3.8) is 0 Å². The first-order chi connectivity index (χ1) is 9.11. The van der Waals surface area contributed by atoms with Gasteiger partial charge in [-0.2, -0.15) is 0 Å². The first-order valence-electron chi connectivity index (χ1n) is 6.83. The number of amides is 3. The van der Waals surface area contributed by atoms with E-state index < -0.39 is 0 Å². The summed E-state index contributed by atoms with van der Waals surface area (Å²) in [4.78, 5) is 37.8. The highest BCUT2D eigenvalue weighted by atomic mass is 16.3. The number of piperidine rings is 1. The molecule has 19 heavy (non-hydrogen) atoms. The summed E-state index contributed by atoms with van der Waals surface area (Å²) in [5, 5.41) is 9.13. The van der Waals surface area contributed by atoms with Gasteiger partial charge in [0.1, 0.15) is 0 Å². The Labute approximate surface area is 112 Å². The van der Waals surface area contributed by atoms with E-state index in [9.17, 15) is 14.4 Å². The summed E-state index contributed by atoms with van der Waals surface area (Å²) < 4.78 is 0. The zero-order valence-corrected chi connectivity index (χ0v) is 11.0. The molecule has 0 spiro atoms. The molecule has 0 radical (unpaired) electrons. The highest BCUT2D eigenvalue weighted by Gasteiger charge is 2.30. The Morgan fingerprint density at radius 3 is 2.58 bits per heavy atom. The molecule has 0 aromatic heterocycles. The maximum Gasteiger partial charge on any atom is 0.229 e. The fourth-order valence-corrected chi connectivity index (χ4v) is 2.68. The minimum atomic E-state index is -0.176. The van der Waals surface area contributed by atoms with Crippen LogP contribution in [0, 0.1) is 5.92 Å². The molecular weight excluding hydrogens is 248 g/mol. The number of imide groups is 1. The van der Waals surface area contributed by atoms with Gasteiger partial charge < -0.3 is 10.0 Å². The summed E-state index contributed by atoms with van der Waals surface area (Å²) >= 11 is 0. The first-order valence-corrected chi connectivity index (χ1v) is 6.83. The van der Waals surface area contributed by atoms with E-state index >= 15 is 0 Å². The third-order valence-electron chi connectivity index (χ3n) is 3.83. The molecule has 0 aromatic carbocycles. The van der Waals surface area contributed by atoms with E-state index in [1.54, 1.807) is 4.90 Å². The van der Waals surface area contributed by atoms with E-state index in [1.165, 1.54) is 4.90 Å². The predicted molar refractivity (Wildman–Crippen MR) is 67.0 cm³/mol. The molecule has 106 valence electrons. The van der Waals surface area contributed by atoms with Crippen LogP contribution in [-0.2, 0) is 14.4 Å². The van der Waals surface area contributed by atoms with Gasteiger partial charge in [0.2, 0.25) is 17.7 Å². The molecule has 0 aromatic rings. The molecule has 2 aliphatic heterocycles. The van der Waals surface area contributed by atoms with Crippen LogP contribution in [-0.4, -0.2) is 58.9 Å². The zero-order chi connectivity index (χ0) is 13.8. The largest absolute Gasteiger partial charge is 0.396 e. The second-order valence-corrected chi connectivity index (χ2v) is 5.22. The molecule has 6 heteroatoms. The lowest BCUT2D eigenvalue weighted by Gasteiger charge is -2.32. The summed E-state index contributed by atoms with van der Waals surface area (Å²) in [7, 11) is 0. The third-order valence-corrected chi connectivity index (χ3v) is 3.83. The number of aliphatic hydroxyl groups is 1. The van der Waals surface area contributed by atoms with Crippen molar-refractivity contribution in [3.8, 4) is 0 Å². The monoisotopic (exact) mass is 268 g/mol. The van der Waals surface area contributed by atoms with Crippen molar-refractivity contribution in [2.24, 2.45) is 5.92 Å². The van der Waals surface area contributed by atoms with E-state index in [2.05, 4.69) is 0 Å². The van der Waals surface area contributed by atoms with Crippen LogP contribution in [0.1, 0.15) is 32.1 Å². The van der Waals surface area contributed by atoms with Crippen molar-refractivity contribution in [1.29, 1.82) is 0 Å². The molecule has 1 atom stereocenters. The van der Waals surface area contributed by atoms with Gasteiger partial charge in [-0.3, -0.25) is 19.3 Å². The van der Waals surface area contributed by atoms with Gasteiger partial charge in [0, 0.05) is 45.5 Å². The minimum absolute atomic E-state index is 0.0364. The van der Waals surface area contributed by atoms with Crippen LogP contribution >= 0.6 is 0 Å². The van der Waals surface area contributed by atoms with E-state index in [0.29, 0.717) is 13.1 Å². The van der Waals surface area contributed by atoms with Crippen LogP contribution in [0.25, 0.3) is 0 Å². The van der Waals surface area contributed by atoms with Crippen LogP contribution in [0.4, 0.5) is 0 Å². The van der Waals surface area contributed by atoms with Crippen molar-refractivity contribution >= 4 is 17.7 Å². The molecule has 0 bridgehead atoms. The van der Waals surface area contributed by atoms with Gasteiger partial charge in [-0.05, 0) is 18.8 Å². The fraction of sp³-hybridized carbons (Fsp3) is 0.769. The van der Waals surface area contributed by atoms with Crippen LogP contribution in [0.2, 0.25) is 0 Å². The molecule has 0 saturated carbocycles. The molecule has 2 rings (SSSR count).